The van der Waals surface area contributed by atoms with E-state index in [1.807, 2.05) is 17.8 Å². The molecule has 0 saturated carbocycles. The Bertz CT molecular complexity index is 363. The molecule has 4 heteroatoms. The molecule has 102 valence electrons. The fourth-order valence-electron chi connectivity index (χ4n) is 1.57. The third kappa shape index (κ3) is 6.23. The van der Waals surface area contributed by atoms with Crippen LogP contribution in [0.25, 0.3) is 0 Å². The predicted octanol–water partition coefficient (Wildman–Crippen LogP) is 4.20. The van der Waals surface area contributed by atoms with Gasteiger partial charge < -0.3 is 0 Å². The predicted molar refractivity (Wildman–Crippen MR) is 84.7 cm³/mol. The van der Waals surface area contributed by atoms with Gasteiger partial charge in [0.1, 0.15) is 0 Å². The van der Waals surface area contributed by atoms with Gasteiger partial charge in [0.25, 0.3) is 0 Å². The third-order valence-corrected chi connectivity index (χ3v) is 4.95. The first-order valence-electron chi connectivity index (χ1n) is 6.26. The number of nitrogens with two attached hydrogens (primary N) is 1. The van der Waals surface area contributed by atoms with Crippen LogP contribution < -0.4 is 11.3 Å². The Kier molecular flexibility index (Phi) is 6.71. The lowest BCUT2D eigenvalue weighted by atomic mass is 9.89. The third-order valence-electron chi connectivity index (χ3n) is 2.76. The summed E-state index contributed by atoms with van der Waals surface area (Å²) in [7, 11) is 0. The van der Waals surface area contributed by atoms with Gasteiger partial charge in [-0.25, -0.2) is 0 Å². The van der Waals surface area contributed by atoms with Crippen LogP contribution in [0.3, 0.4) is 0 Å². The van der Waals surface area contributed by atoms with Crippen molar-refractivity contribution in [1.29, 1.82) is 0 Å². The second kappa shape index (κ2) is 7.53. The summed E-state index contributed by atoms with van der Waals surface area (Å²) < 4.78 is 1.15. The molecule has 0 amide bonds. The molecule has 18 heavy (non-hydrogen) atoms. The van der Waals surface area contributed by atoms with E-state index >= 15 is 0 Å². The molecule has 0 heterocycles. The Morgan fingerprint density at radius 1 is 1.33 bits per heavy atom. The van der Waals surface area contributed by atoms with Gasteiger partial charge in [-0.1, -0.05) is 32.9 Å². The highest BCUT2D eigenvalue weighted by Gasteiger charge is 2.15. The van der Waals surface area contributed by atoms with Crippen molar-refractivity contribution >= 4 is 27.7 Å². The summed E-state index contributed by atoms with van der Waals surface area (Å²) in [6, 6.07) is 8.66. The molecule has 0 fully saturated rings. The summed E-state index contributed by atoms with van der Waals surface area (Å²) in [6.07, 6.45) is 2.29. The fraction of sp³-hybridized carbons (Fsp3) is 0.571. The van der Waals surface area contributed by atoms with Gasteiger partial charge in [-0.15, -0.1) is 11.8 Å². The van der Waals surface area contributed by atoms with E-state index in [0.29, 0.717) is 11.5 Å². The molecule has 2 nitrogen and oxygen atoms in total. The van der Waals surface area contributed by atoms with Crippen LogP contribution in [0, 0.1) is 5.41 Å². The molecule has 0 aliphatic rings. The molecular formula is C14H23BrN2S. The van der Waals surface area contributed by atoms with E-state index in [1.165, 1.54) is 11.3 Å². The molecule has 0 aromatic heterocycles. The zero-order valence-electron chi connectivity index (χ0n) is 11.4. The number of rotatable bonds is 6. The van der Waals surface area contributed by atoms with Gasteiger partial charge in [-0.3, -0.25) is 11.3 Å². The van der Waals surface area contributed by atoms with Crippen LogP contribution in [-0.4, -0.2) is 11.8 Å². The second-order valence-corrected chi connectivity index (χ2v) is 7.62. The summed E-state index contributed by atoms with van der Waals surface area (Å²) in [5, 5.41) is 0. The lowest BCUT2D eigenvalue weighted by Crippen LogP contribution is -2.37. The molecule has 1 unspecified atom stereocenters. The largest absolute Gasteiger partial charge is 0.271 e. The van der Waals surface area contributed by atoms with E-state index in [-0.39, 0.29) is 0 Å². The van der Waals surface area contributed by atoms with Crippen LogP contribution in [0.5, 0.6) is 0 Å². The van der Waals surface area contributed by atoms with E-state index in [2.05, 4.69) is 60.3 Å². The van der Waals surface area contributed by atoms with Crippen molar-refractivity contribution in [2.24, 2.45) is 11.3 Å². The fourth-order valence-corrected chi connectivity index (χ4v) is 3.23. The van der Waals surface area contributed by atoms with Gasteiger partial charge in [0.15, 0.2) is 0 Å². The summed E-state index contributed by atoms with van der Waals surface area (Å²) >= 11 is 5.41. The van der Waals surface area contributed by atoms with E-state index in [0.717, 1.165) is 16.6 Å². The van der Waals surface area contributed by atoms with Crippen molar-refractivity contribution in [3.8, 4) is 0 Å². The number of halogens is 1. The second-order valence-electron chi connectivity index (χ2n) is 5.70. The molecule has 1 atom stereocenters. The number of thioether (sulfide) groups is 1. The smallest absolute Gasteiger partial charge is 0.0311 e. The Balaban J connectivity index is 2.43. The van der Waals surface area contributed by atoms with Gasteiger partial charge in [-0.2, -0.15) is 0 Å². The van der Waals surface area contributed by atoms with Gasteiger partial charge in [0, 0.05) is 21.2 Å². The number of hydrazine groups is 1. The minimum Gasteiger partial charge on any atom is -0.271 e. The normalized spacial score (nSPS) is 13.6. The Morgan fingerprint density at radius 2 is 2.00 bits per heavy atom. The highest BCUT2D eigenvalue weighted by atomic mass is 79.9. The zero-order valence-corrected chi connectivity index (χ0v) is 13.8. The topological polar surface area (TPSA) is 38.0 Å². The summed E-state index contributed by atoms with van der Waals surface area (Å²) in [6.45, 7) is 6.80. The van der Waals surface area contributed by atoms with Gasteiger partial charge in [-0.05, 0) is 46.3 Å². The number of benzene rings is 1. The quantitative estimate of drug-likeness (QED) is 0.466. The highest BCUT2D eigenvalue weighted by Crippen LogP contribution is 2.29. The average molecular weight is 331 g/mol. The first kappa shape index (κ1) is 16.0. The van der Waals surface area contributed by atoms with Crippen molar-refractivity contribution in [3.63, 3.8) is 0 Å². The molecule has 3 N–H and O–H groups in total. The SMILES string of the molecule is CC(C)(C)CCC(CSc1ccccc1Br)NN. The molecule has 0 aliphatic heterocycles. The Labute approximate surface area is 123 Å². The van der Waals surface area contributed by atoms with Gasteiger partial charge >= 0.3 is 0 Å². The molecule has 0 spiro atoms. The van der Waals surface area contributed by atoms with Crippen LogP contribution in [0.2, 0.25) is 0 Å². The van der Waals surface area contributed by atoms with Crippen LogP contribution in [0.1, 0.15) is 33.6 Å². The number of nitrogens with one attached hydrogen (secondary N) is 1. The van der Waals surface area contributed by atoms with Crippen LogP contribution >= 0.6 is 27.7 Å². The maximum atomic E-state index is 5.63. The van der Waals surface area contributed by atoms with Crippen molar-refractivity contribution in [2.75, 3.05) is 5.75 Å². The monoisotopic (exact) mass is 330 g/mol. The molecular weight excluding hydrogens is 308 g/mol. The van der Waals surface area contributed by atoms with Crippen molar-refractivity contribution in [1.82, 2.24) is 5.43 Å². The van der Waals surface area contributed by atoms with Crippen molar-refractivity contribution < 1.29 is 0 Å². The minimum atomic E-state index is 0.362. The standard InChI is InChI=1S/C14H23BrN2S/c1-14(2,3)9-8-11(17-16)10-18-13-7-5-4-6-12(13)15/h4-7,11,17H,8-10,16H2,1-3H3. The number of hydrogen-bond donors (Lipinski definition) is 2. The first-order chi connectivity index (χ1) is 8.42. The van der Waals surface area contributed by atoms with Gasteiger partial charge in [0.2, 0.25) is 0 Å². The van der Waals surface area contributed by atoms with Crippen LogP contribution in [0.4, 0.5) is 0 Å². The molecule has 0 saturated heterocycles. The number of hydrogen-bond acceptors (Lipinski definition) is 3. The Hall–Kier alpha value is -0.0300. The van der Waals surface area contributed by atoms with Crippen LogP contribution in [0.15, 0.2) is 33.6 Å². The van der Waals surface area contributed by atoms with E-state index in [1.54, 1.807) is 0 Å². The molecule has 1 aromatic carbocycles. The summed E-state index contributed by atoms with van der Waals surface area (Å²) in [4.78, 5) is 1.27. The minimum absolute atomic E-state index is 0.362. The highest BCUT2D eigenvalue weighted by molar-refractivity contribution is 9.10. The summed E-state index contributed by atoms with van der Waals surface area (Å²) in [5.41, 5.74) is 3.30. The lowest BCUT2D eigenvalue weighted by molar-refractivity contribution is 0.339. The first-order valence-corrected chi connectivity index (χ1v) is 8.04. The maximum Gasteiger partial charge on any atom is 0.0311 e. The van der Waals surface area contributed by atoms with E-state index < -0.39 is 0 Å². The average Bonchev–Trinajstić information content (AvgIpc) is 2.30. The zero-order chi connectivity index (χ0) is 13.6. The van der Waals surface area contributed by atoms with E-state index in [4.69, 9.17) is 5.84 Å². The van der Waals surface area contributed by atoms with Crippen LogP contribution in [-0.2, 0) is 0 Å². The molecule has 0 radical (unpaired) electrons. The maximum absolute atomic E-state index is 5.63. The molecule has 1 aromatic rings. The molecule has 0 aliphatic carbocycles. The van der Waals surface area contributed by atoms with Gasteiger partial charge in [0.05, 0.1) is 0 Å². The van der Waals surface area contributed by atoms with Crippen molar-refractivity contribution in [2.45, 2.75) is 44.6 Å². The lowest BCUT2D eigenvalue weighted by Gasteiger charge is -2.22. The molecule has 0 bridgehead atoms. The van der Waals surface area contributed by atoms with E-state index in [9.17, 15) is 0 Å². The molecule has 1 rings (SSSR count). The van der Waals surface area contributed by atoms with Crippen molar-refractivity contribution in [3.05, 3.63) is 28.7 Å². The summed E-state index contributed by atoms with van der Waals surface area (Å²) in [5.74, 6) is 6.62. The Morgan fingerprint density at radius 3 is 2.56 bits per heavy atom.